The van der Waals surface area contributed by atoms with Crippen LogP contribution in [-0.2, 0) is 12.8 Å². The normalized spacial score (nSPS) is 18.5. The first-order chi connectivity index (χ1) is 11.2. The molecule has 0 saturated heterocycles. The number of allylic oxidation sites excluding steroid dienone is 2. The Kier molecular flexibility index (Phi) is 3.23. The van der Waals surface area contributed by atoms with Crippen molar-refractivity contribution < 1.29 is 0 Å². The Morgan fingerprint density at radius 3 is 2.04 bits per heavy atom. The Balaban J connectivity index is 1.81. The SMILES string of the molecule is CN(C)c1ccc2c(c1)CC/C2=C1/CCc2cc(C#N)ccc21. The largest absolute Gasteiger partial charge is 0.378 e. The molecule has 2 aliphatic rings. The fourth-order valence-electron chi connectivity index (χ4n) is 3.94. The van der Waals surface area contributed by atoms with Gasteiger partial charge in [-0.2, -0.15) is 5.26 Å². The van der Waals surface area contributed by atoms with Gasteiger partial charge in [-0.15, -0.1) is 0 Å². The van der Waals surface area contributed by atoms with Crippen molar-refractivity contribution in [2.75, 3.05) is 19.0 Å². The number of nitriles is 1. The topological polar surface area (TPSA) is 27.0 Å². The molecule has 2 aromatic carbocycles. The zero-order valence-electron chi connectivity index (χ0n) is 13.7. The van der Waals surface area contributed by atoms with Crippen LogP contribution in [0.2, 0.25) is 0 Å². The van der Waals surface area contributed by atoms with Gasteiger partial charge in [0.05, 0.1) is 11.6 Å². The standard InChI is InChI=1S/C21H20N2/c1-23(2)17-6-10-19-16(12-17)5-9-21(19)20-8-4-15-11-14(13-22)3-7-18(15)20/h3,6-7,10-12H,4-5,8-9H2,1-2H3/b21-20+. The van der Waals surface area contributed by atoms with E-state index in [0.29, 0.717) is 0 Å². The van der Waals surface area contributed by atoms with Crippen molar-refractivity contribution >= 4 is 16.8 Å². The number of hydrogen-bond acceptors (Lipinski definition) is 2. The second kappa shape index (κ2) is 5.28. The third-order valence-corrected chi connectivity index (χ3v) is 5.14. The zero-order chi connectivity index (χ0) is 16.0. The first-order valence-electron chi connectivity index (χ1n) is 8.23. The molecule has 2 aliphatic carbocycles. The molecule has 0 atom stereocenters. The van der Waals surface area contributed by atoms with Gasteiger partial charge in [0, 0.05) is 19.8 Å². The molecular weight excluding hydrogens is 280 g/mol. The van der Waals surface area contributed by atoms with Gasteiger partial charge < -0.3 is 4.90 Å². The number of benzene rings is 2. The fourth-order valence-corrected chi connectivity index (χ4v) is 3.94. The molecule has 2 aromatic rings. The molecule has 114 valence electrons. The molecule has 0 spiro atoms. The molecule has 0 bridgehead atoms. The average molecular weight is 300 g/mol. The molecule has 0 N–H and O–H groups in total. The molecule has 0 aliphatic heterocycles. The molecule has 2 heteroatoms. The minimum absolute atomic E-state index is 0.775. The minimum atomic E-state index is 0.775. The van der Waals surface area contributed by atoms with Crippen LogP contribution in [0.3, 0.4) is 0 Å². The lowest BCUT2D eigenvalue weighted by Crippen LogP contribution is -2.08. The van der Waals surface area contributed by atoms with Gasteiger partial charge in [0.25, 0.3) is 0 Å². The summed E-state index contributed by atoms with van der Waals surface area (Å²) >= 11 is 0. The summed E-state index contributed by atoms with van der Waals surface area (Å²) in [5, 5.41) is 9.08. The van der Waals surface area contributed by atoms with Gasteiger partial charge in [-0.1, -0.05) is 12.1 Å². The molecular formula is C21H20N2. The summed E-state index contributed by atoms with van der Waals surface area (Å²) < 4.78 is 0. The van der Waals surface area contributed by atoms with E-state index >= 15 is 0 Å². The Hall–Kier alpha value is -2.53. The van der Waals surface area contributed by atoms with Crippen molar-refractivity contribution in [3.8, 4) is 6.07 Å². The molecule has 0 fully saturated rings. The second-order valence-corrected chi connectivity index (χ2v) is 6.68. The van der Waals surface area contributed by atoms with E-state index in [1.807, 2.05) is 6.07 Å². The van der Waals surface area contributed by atoms with E-state index in [0.717, 1.165) is 31.2 Å². The van der Waals surface area contributed by atoms with Crippen LogP contribution in [0.15, 0.2) is 36.4 Å². The van der Waals surface area contributed by atoms with Crippen LogP contribution in [0.4, 0.5) is 5.69 Å². The highest BCUT2D eigenvalue weighted by Gasteiger charge is 2.25. The summed E-state index contributed by atoms with van der Waals surface area (Å²) in [6.45, 7) is 0. The lowest BCUT2D eigenvalue weighted by Gasteiger charge is -2.14. The number of nitrogens with zero attached hydrogens (tertiary/aromatic N) is 2. The van der Waals surface area contributed by atoms with E-state index in [9.17, 15) is 0 Å². The van der Waals surface area contributed by atoms with Crippen LogP contribution in [0.1, 0.15) is 40.7 Å². The maximum Gasteiger partial charge on any atom is 0.0991 e. The fraction of sp³-hybridized carbons (Fsp3) is 0.286. The maximum atomic E-state index is 9.08. The van der Waals surface area contributed by atoms with Gasteiger partial charge in [0.15, 0.2) is 0 Å². The minimum Gasteiger partial charge on any atom is -0.378 e. The quantitative estimate of drug-likeness (QED) is 0.779. The second-order valence-electron chi connectivity index (χ2n) is 6.68. The Bertz CT molecular complexity index is 866. The summed E-state index contributed by atoms with van der Waals surface area (Å²) in [6.07, 6.45) is 4.45. The van der Waals surface area contributed by atoms with Gasteiger partial charge in [-0.05, 0) is 83.3 Å². The van der Waals surface area contributed by atoms with E-state index < -0.39 is 0 Å². The van der Waals surface area contributed by atoms with Crippen LogP contribution in [0, 0.1) is 11.3 Å². The number of aryl methyl sites for hydroxylation is 2. The van der Waals surface area contributed by atoms with Crippen LogP contribution in [-0.4, -0.2) is 14.1 Å². The van der Waals surface area contributed by atoms with Gasteiger partial charge >= 0.3 is 0 Å². The molecule has 0 unspecified atom stereocenters. The van der Waals surface area contributed by atoms with Crippen molar-refractivity contribution in [3.63, 3.8) is 0 Å². The Morgan fingerprint density at radius 2 is 1.43 bits per heavy atom. The van der Waals surface area contributed by atoms with Gasteiger partial charge in [-0.25, -0.2) is 0 Å². The molecule has 23 heavy (non-hydrogen) atoms. The highest BCUT2D eigenvalue weighted by molar-refractivity contribution is 5.96. The summed E-state index contributed by atoms with van der Waals surface area (Å²) in [5.41, 5.74) is 10.7. The van der Waals surface area contributed by atoms with Crippen LogP contribution >= 0.6 is 0 Å². The lowest BCUT2D eigenvalue weighted by molar-refractivity contribution is 1.06. The Labute approximate surface area is 137 Å². The first kappa shape index (κ1) is 14.1. The molecule has 0 aromatic heterocycles. The van der Waals surface area contributed by atoms with Crippen molar-refractivity contribution in [3.05, 3.63) is 64.2 Å². The molecule has 2 nitrogen and oxygen atoms in total. The van der Waals surface area contributed by atoms with Crippen LogP contribution < -0.4 is 4.90 Å². The van der Waals surface area contributed by atoms with Gasteiger partial charge in [-0.3, -0.25) is 0 Å². The van der Waals surface area contributed by atoms with Crippen LogP contribution in [0.25, 0.3) is 11.1 Å². The third-order valence-electron chi connectivity index (χ3n) is 5.14. The summed E-state index contributed by atoms with van der Waals surface area (Å²) in [7, 11) is 4.19. The highest BCUT2D eigenvalue weighted by Crippen LogP contribution is 2.44. The van der Waals surface area contributed by atoms with Crippen molar-refractivity contribution in [2.45, 2.75) is 25.7 Å². The average Bonchev–Trinajstić information content (AvgIpc) is 3.16. The van der Waals surface area contributed by atoms with Gasteiger partial charge in [0.2, 0.25) is 0 Å². The van der Waals surface area contributed by atoms with E-state index in [4.69, 9.17) is 5.26 Å². The predicted octanol–water partition coefficient (Wildman–Crippen LogP) is 4.43. The number of fused-ring (bicyclic) bond motifs is 2. The van der Waals surface area contributed by atoms with E-state index in [-0.39, 0.29) is 0 Å². The van der Waals surface area contributed by atoms with Crippen molar-refractivity contribution in [1.29, 1.82) is 5.26 Å². The summed E-state index contributed by atoms with van der Waals surface area (Å²) in [5.74, 6) is 0. The zero-order valence-corrected chi connectivity index (χ0v) is 13.7. The molecule has 4 rings (SSSR count). The third kappa shape index (κ3) is 2.24. The molecule has 0 radical (unpaired) electrons. The molecule has 0 amide bonds. The summed E-state index contributed by atoms with van der Waals surface area (Å²) in [4.78, 5) is 2.17. The smallest absolute Gasteiger partial charge is 0.0991 e. The predicted molar refractivity (Wildman–Crippen MR) is 95.4 cm³/mol. The molecule has 0 saturated carbocycles. The highest BCUT2D eigenvalue weighted by atomic mass is 15.1. The lowest BCUT2D eigenvalue weighted by atomic mass is 9.96. The van der Waals surface area contributed by atoms with E-state index in [2.05, 4.69) is 55.4 Å². The summed E-state index contributed by atoms with van der Waals surface area (Å²) in [6, 6.07) is 15.3. The number of anilines is 1. The van der Waals surface area contributed by atoms with Gasteiger partial charge in [0.1, 0.15) is 0 Å². The maximum absolute atomic E-state index is 9.08. The monoisotopic (exact) mass is 300 g/mol. The van der Waals surface area contributed by atoms with E-state index in [1.54, 1.807) is 0 Å². The van der Waals surface area contributed by atoms with Crippen LogP contribution in [0.5, 0.6) is 0 Å². The van der Waals surface area contributed by atoms with E-state index in [1.165, 1.54) is 39.1 Å². The molecule has 0 heterocycles. The first-order valence-corrected chi connectivity index (χ1v) is 8.23. The number of rotatable bonds is 1. The Morgan fingerprint density at radius 1 is 0.826 bits per heavy atom. The van der Waals surface area contributed by atoms with Crippen molar-refractivity contribution in [1.82, 2.24) is 0 Å². The number of hydrogen-bond donors (Lipinski definition) is 0. The van der Waals surface area contributed by atoms with Crippen molar-refractivity contribution in [2.24, 2.45) is 0 Å².